The van der Waals surface area contributed by atoms with E-state index in [1.54, 1.807) is 6.07 Å². The number of thiophene rings is 1. The van der Waals surface area contributed by atoms with E-state index in [0.29, 0.717) is 29.1 Å². The molecule has 8 nitrogen and oxygen atoms in total. The predicted octanol–water partition coefficient (Wildman–Crippen LogP) is 2.91. The number of hydrogen-bond acceptors (Lipinski definition) is 6. The lowest BCUT2D eigenvalue weighted by Crippen LogP contribution is -2.42. The van der Waals surface area contributed by atoms with Gasteiger partial charge in [-0.15, -0.1) is 11.3 Å². The molecule has 1 saturated heterocycles. The molecule has 0 saturated carbocycles. The Kier molecular flexibility index (Phi) is 5.78. The first-order valence-corrected chi connectivity index (χ1v) is 12.1. The molecule has 1 aliphatic rings. The van der Waals surface area contributed by atoms with Gasteiger partial charge in [0.1, 0.15) is 15.9 Å². The first-order chi connectivity index (χ1) is 14.8. The molecule has 1 aliphatic heterocycles. The van der Waals surface area contributed by atoms with Crippen molar-refractivity contribution in [3.05, 3.63) is 63.9 Å². The van der Waals surface area contributed by atoms with Gasteiger partial charge in [0.05, 0.1) is 4.88 Å². The summed E-state index contributed by atoms with van der Waals surface area (Å²) in [7, 11) is -3.85. The Morgan fingerprint density at radius 3 is 2.74 bits per heavy atom. The SMILES string of the molecule is Cc1cccc(NC(=O)C2CCCN2S(=O)(=O)c2ccc(-c3ccc(=O)[nH]n3)s2)c1C. The molecule has 2 aromatic heterocycles. The van der Waals surface area contributed by atoms with Crippen LogP contribution in [0.1, 0.15) is 24.0 Å². The third-order valence-corrected chi connectivity index (χ3v) is 8.93. The minimum atomic E-state index is -3.85. The number of H-pyrrole nitrogens is 1. The highest BCUT2D eigenvalue weighted by atomic mass is 32.2. The fourth-order valence-corrected chi connectivity index (χ4v) is 6.65. The third kappa shape index (κ3) is 4.18. The average molecular weight is 459 g/mol. The van der Waals surface area contributed by atoms with Crippen LogP contribution >= 0.6 is 11.3 Å². The van der Waals surface area contributed by atoms with Crippen molar-refractivity contribution in [1.29, 1.82) is 0 Å². The van der Waals surface area contributed by atoms with E-state index in [1.165, 1.54) is 22.5 Å². The lowest BCUT2D eigenvalue weighted by molar-refractivity contribution is -0.119. The van der Waals surface area contributed by atoms with E-state index < -0.39 is 16.1 Å². The molecule has 1 aromatic carbocycles. The number of carbonyl (C=O) groups excluding carboxylic acids is 1. The van der Waals surface area contributed by atoms with E-state index in [2.05, 4.69) is 15.5 Å². The molecule has 0 bridgehead atoms. The molecule has 1 fully saturated rings. The molecule has 1 unspecified atom stereocenters. The van der Waals surface area contributed by atoms with Crippen molar-refractivity contribution in [2.45, 2.75) is 36.9 Å². The van der Waals surface area contributed by atoms with Gasteiger partial charge < -0.3 is 5.32 Å². The fourth-order valence-electron chi connectivity index (χ4n) is 3.59. The maximum absolute atomic E-state index is 13.3. The monoisotopic (exact) mass is 458 g/mol. The molecule has 0 spiro atoms. The summed E-state index contributed by atoms with van der Waals surface area (Å²) in [6, 6.07) is 10.9. The van der Waals surface area contributed by atoms with Crippen molar-refractivity contribution in [1.82, 2.24) is 14.5 Å². The quantitative estimate of drug-likeness (QED) is 0.611. The van der Waals surface area contributed by atoms with Gasteiger partial charge in [-0.2, -0.15) is 9.40 Å². The van der Waals surface area contributed by atoms with Crippen LogP contribution in [0.2, 0.25) is 0 Å². The topological polar surface area (TPSA) is 112 Å². The number of rotatable bonds is 5. The highest BCUT2D eigenvalue weighted by Gasteiger charge is 2.40. The Balaban J connectivity index is 1.57. The van der Waals surface area contributed by atoms with Crippen molar-refractivity contribution >= 4 is 33.0 Å². The number of aryl methyl sites for hydroxylation is 1. The molecule has 31 heavy (non-hydrogen) atoms. The molecule has 4 rings (SSSR count). The zero-order valence-electron chi connectivity index (χ0n) is 17.1. The molecule has 2 N–H and O–H groups in total. The van der Waals surface area contributed by atoms with Crippen molar-refractivity contribution in [2.75, 3.05) is 11.9 Å². The lowest BCUT2D eigenvalue weighted by Gasteiger charge is -2.23. The fraction of sp³-hybridized carbons (Fsp3) is 0.286. The van der Waals surface area contributed by atoms with Crippen LogP contribution in [0.15, 0.2) is 51.5 Å². The summed E-state index contributed by atoms with van der Waals surface area (Å²) in [5.74, 6) is -0.325. The summed E-state index contributed by atoms with van der Waals surface area (Å²) in [6.45, 7) is 4.17. The van der Waals surface area contributed by atoms with E-state index in [9.17, 15) is 18.0 Å². The zero-order chi connectivity index (χ0) is 22.2. The summed E-state index contributed by atoms with van der Waals surface area (Å²) in [6.07, 6.45) is 1.08. The number of sulfonamides is 1. The summed E-state index contributed by atoms with van der Waals surface area (Å²) in [5, 5.41) is 9.19. The molecule has 1 atom stereocenters. The maximum atomic E-state index is 13.3. The normalized spacial score (nSPS) is 17.0. The minimum Gasteiger partial charge on any atom is -0.324 e. The summed E-state index contributed by atoms with van der Waals surface area (Å²) in [4.78, 5) is 24.8. The second-order valence-electron chi connectivity index (χ2n) is 7.44. The van der Waals surface area contributed by atoms with Gasteiger partial charge in [-0.25, -0.2) is 13.5 Å². The molecule has 162 valence electrons. The van der Waals surface area contributed by atoms with E-state index >= 15 is 0 Å². The molecule has 0 radical (unpaired) electrons. The lowest BCUT2D eigenvalue weighted by atomic mass is 10.1. The first-order valence-electron chi connectivity index (χ1n) is 9.82. The van der Waals surface area contributed by atoms with Crippen LogP contribution < -0.4 is 10.9 Å². The van der Waals surface area contributed by atoms with E-state index in [4.69, 9.17) is 0 Å². The largest absolute Gasteiger partial charge is 0.324 e. The molecule has 10 heteroatoms. The standard InChI is InChI=1S/C21H22N4O4S2/c1-13-5-3-6-15(14(13)2)22-21(27)17-7-4-12-25(17)31(28,29)20-11-9-18(30-20)16-8-10-19(26)24-23-16/h3,5-6,8-11,17H,4,7,12H2,1-2H3,(H,22,27)(H,24,26). The highest BCUT2D eigenvalue weighted by Crippen LogP contribution is 2.34. The highest BCUT2D eigenvalue weighted by molar-refractivity contribution is 7.91. The average Bonchev–Trinajstić information content (AvgIpc) is 3.42. The van der Waals surface area contributed by atoms with Gasteiger partial charge in [0.25, 0.3) is 15.6 Å². The second-order valence-corrected chi connectivity index (χ2v) is 10.6. The smallest absolute Gasteiger partial charge is 0.264 e. The van der Waals surface area contributed by atoms with E-state index in [0.717, 1.165) is 22.5 Å². The minimum absolute atomic E-state index is 0.141. The zero-order valence-corrected chi connectivity index (χ0v) is 18.7. The molecular weight excluding hydrogens is 436 g/mol. The number of amides is 1. The van der Waals surface area contributed by atoms with E-state index in [-0.39, 0.29) is 22.2 Å². The summed E-state index contributed by atoms with van der Waals surface area (Å²) in [5.41, 5.74) is 2.85. The summed E-state index contributed by atoms with van der Waals surface area (Å²) < 4.78 is 28.0. The number of aromatic amines is 1. The number of aromatic nitrogens is 2. The number of carbonyl (C=O) groups is 1. The Bertz CT molecular complexity index is 1280. The van der Waals surface area contributed by atoms with Gasteiger partial charge in [-0.3, -0.25) is 9.59 Å². The molecule has 1 amide bonds. The van der Waals surface area contributed by atoms with Crippen molar-refractivity contribution in [2.24, 2.45) is 0 Å². The van der Waals surface area contributed by atoms with Crippen LogP contribution in [-0.4, -0.2) is 41.4 Å². The number of nitrogens with zero attached hydrogens (tertiary/aromatic N) is 2. The van der Waals surface area contributed by atoms with Crippen molar-refractivity contribution in [3.8, 4) is 10.6 Å². The van der Waals surface area contributed by atoms with Gasteiger partial charge in [-0.05, 0) is 62.1 Å². The molecule has 3 aromatic rings. The maximum Gasteiger partial charge on any atom is 0.264 e. The Morgan fingerprint density at radius 2 is 2.00 bits per heavy atom. The third-order valence-electron chi connectivity index (χ3n) is 5.44. The van der Waals surface area contributed by atoms with Crippen LogP contribution in [0.5, 0.6) is 0 Å². The van der Waals surface area contributed by atoms with Gasteiger partial charge in [0.15, 0.2) is 0 Å². The number of nitrogens with one attached hydrogen (secondary N) is 2. The first kappa shape index (κ1) is 21.4. The predicted molar refractivity (Wildman–Crippen MR) is 120 cm³/mol. The molecule has 3 heterocycles. The number of hydrogen-bond donors (Lipinski definition) is 2. The van der Waals surface area contributed by atoms with Crippen LogP contribution in [-0.2, 0) is 14.8 Å². The van der Waals surface area contributed by atoms with Gasteiger partial charge in [0.2, 0.25) is 5.91 Å². The van der Waals surface area contributed by atoms with Gasteiger partial charge >= 0.3 is 0 Å². The molecular formula is C21H22N4O4S2. The summed E-state index contributed by atoms with van der Waals surface area (Å²) >= 11 is 1.06. The molecule has 0 aliphatic carbocycles. The van der Waals surface area contributed by atoms with Crippen LogP contribution in [0.3, 0.4) is 0 Å². The number of anilines is 1. The number of benzene rings is 1. The van der Waals surface area contributed by atoms with Crippen LogP contribution in [0.25, 0.3) is 10.6 Å². The second kappa shape index (κ2) is 8.37. The van der Waals surface area contributed by atoms with Gasteiger partial charge in [-0.1, -0.05) is 12.1 Å². The van der Waals surface area contributed by atoms with E-state index in [1.807, 2.05) is 32.0 Å². The Labute approximate surface area is 184 Å². The van der Waals surface area contributed by atoms with Crippen molar-refractivity contribution < 1.29 is 13.2 Å². The van der Waals surface area contributed by atoms with Crippen LogP contribution in [0, 0.1) is 13.8 Å². The van der Waals surface area contributed by atoms with Crippen LogP contribution in [0.4, 0.5) is 5.69 Å². The van der Waals surface area contributed by atoms with Gasteiger partial charge in [0, 0.05) is 18.3 Å². The van der Waals surface area contributed by atoms with Crippen molar-refractivity contribution in [3.63, 3.8) is 0 Å². The Morgan fingerprint density at radius 1 is 1.19 bits per heavy atom. The Hall–Kier alpha value is -2.82.